The molecular weight excluding hydrogens is 508 g/mol. The number of para-hydroxylation sites is 3. The van der Waals surface area contributed by atoms with Crippen molar-refractivity contribution in [2.45, 2.75) is 6.85 Å². The topological polar surface area (TPSA) is 17.8 Å². The van der Waals surface area contributed by atoms with Gasteiger partial charge in [-0.3, -0.25) is 4.57 Å². The second-order valence-corrected chi connectivity index (χ2v) is 10.2. The molecule has 1 heterocycles. The fraction of sp³-hybridized carbons (Fsp3) is 0.0250. The number of nitrogens with zero attached hydrogens (tertiary/aromatic N) is 2. The minimum Gasteiger partial charge on any atom is -0.296 e. The van der Waals surface area contributed by atoms with E-state index in [1.807, 2.05) is 103 Å². The summed E-state index contributed by atoms with van der Waals surface area (Å²) >= 11 is 0. The van der Waals surface area contributed by atoms with E-state index in [-0.39, 0.29) is 23.5 Å². The smallest absolute Gasteiger partial charge is 0.111 e. The van der Waals surface area contributed by atoms with E-state index in [1.165, 1.54) is 0 Å². The highest BCUT2D eigenvalue weighted by Gasteiger charge is 2.20. The Hall–Kier alpha value is -5.47. The minimum atomic E-state index is -2.49. The lowest BCUT2D eigenvalue weighted by atomic mass is 9.84. The Bertz CT molecular complexity index is 2610. The molecule has 0 atom stereocenters. The highest BCUT2D eigenvalue weighted by Crippen LogP contribution is 2.46. The molecule has 8 rings (SSSR count). The number of imidazole rings is 1. The van der Waals surface area contributed by atoms with Gasteiger partial charge in [-0.1, -0.05) is 127 Å². The van der Waals surface area contributed by atoms with E-state index in [0.29, 0.717) is 22.3 Å². The van der Waals surface area contributed by atoms with Crippen LogP contribution in [0.4, 0.5) is 0 Å². The lowest BCUT2D eigenvalue weighted by Gasteiger charge is -2.21. The van der Waals surface area contributed by atoms with Crippen LogP contribution in [-0.2, 0) is 0 Å². The van der Waals surface area contributed by atoms with Gasteiger partial charge in [0.1, 0.15) is 5.82 Å². The summed E-state index contributed by atoms with van der Waals surface area (Å²) in [7, 11) is 0. The van der Waals surface area contributed by atoms with Gasteiger partial charge in [-0.2, -0.15) is 0 Å². The van der Waals surface area contributed by atoms with E-state index in [1.54, 1.807) is 10.6 Å². The molecule has 2 heteroatoms. The fourth-order valence-electron chi connectivity index (χ4n) is 6.08. The summed E-state index contributed by atoms with van der Waals surface area (Å²) in [6.07, 6.45) is 0. The maximum atomic E-state index is 8.72. The van der Waals surface area contributed by atoms with E-state index in [0.717, 1.165) is 43.8 Å². The SMILES string of the molecule is [2H]c1c([2H])c([2H])c(-c2ccc3c(-c4ccccc4-n4c(C([2H])([2H])[2H])nc5ccccc54)c4ccccc4c(-c4ccccc4)c3c2)c([2H])c1[2H]. The minimum absolute atomic E-state index is 0.0378. The van der Waals surface area contributed by atoms with Crippen molar-refractivity contribution in [1.82, 2.24) is 9.55 Å². The monoisotopic (exact) mass is 544 g/mol. The third-order valence-electron chi connectivity index (χ3n) is 7.85. The molecule has 0 unspecified atom stereocenters. The highest BCUT2D eigenvalue weighted by molar-refractivity contribution is 6.22. The van der Waals surface area contributed by atoms with Crippen molar-refractivity contribution in [3.63, 3.8) is 0 Å². The largest absolute Gasteiger partial charge is 0.296 e. The van der Waals surface area contributed by atoms with Crippen molar-refractivity contribution < 1.29 is 11.0 Å². The van der Waals surface area contributed by atoms with Crippen molar-refractivity contribution in [3.05, 3.63) is 157 Å². The molecule has 8 aromatic rings. The second-order valence-electron chi connectivity index (χ2n) is 10.2. The first-order valence-corrected chi connectivity index (χ1v) is 13.7. The molecular formula is C40H28N2. The van der Waals surface area contributed by atoms with Gasteiger partial charge < -0.3 is 0 Å². The van der Waals surface area contributed by atoms with Crippen molar-refractivity contribution >= 4 is 32.6 Å². The molecule has 198 valence electrons. The van der Waals surface area contributed by atoms with Crippen LogP contribution in [0.25, 0.3) is 71.6 Å². The van der Waals surface area contributed by atoms with Crippen LogP contribution in [-0.4, -0.2) is 9.55 Å². The highest BCUT2D eigenvalue weighted by atomic mass is 15.1. The van der Waals surface area contributed by atoms with E-state index in [9.17, 15) is 0 Å². The summed E-state index contributed by atoms with van der Waals surface area (Å²) < 4.78 is 69.2. The lowest BCUT2D eigenvalue weighted by Crippen LogP contribution is -2.00. The number of benzene rings is 7. The zero-order valence-electron chi connectivity index (χ0n) is 30.4. The molecule has 0 bridgehead atoms. The predicted octanol–water partition coefficient (Wildman–Crippen LogP) is 10.6. The average Bonchev–Trinajstić information content (AvgIpc) is 3.53. The third-order valence-corrected chi connectivity index (χ3v) is 7.85. The van der Waals surface area contributed by atoms with Crippen LogP contribution in [0.1, 0.15) is 16.8 Å². The Labute approximate surface area is 256 Å². The van der Waals surface area contributed by atoms with Gasteiger partial charge in [0, 0.05) is 9.68 Å². The molecule has 7 aromatic carbocycles. The molecule has 0 aliphatic rings. The maximum absolute atomic E-state index is 8.72. The van der Waals surface area contributed by atoms with E-state index in [2.05, 4.69) is 17.1 Å². The zero-order valence-corrected chi connectivity index (χ0v) is 22.4. The van der Waals surface area contributed by atoms with Crippen molar-refractivity contribution in [1.29, 1.82) is 0 Å². The molecule has 0 spiro atoms. The number of fused-ring (bicyclic) bond motifs is 3. The molecule has 2 nitrogen and oxygen atoms in total. The van der Waals surface area contributed by atoms with Crippen molar-refractivity contribution in [2.24, 2.45) is 0 Å². The third kappa shape index (κ3) is 3.84. The normalized spacial score (nSPS) is 14.5. The second kappa shape index (κ2) is 9.87. The maximum Gasteiger partial charge on any atom is 0.111 e. The van der Waals surface area contributed by atoms with E-state index >= 15 is 0 Å². The van der Waals surface area contributed by atoms with Gasteiger partial charge in [0.15, 0.2) is 0 Å². The number of hydrogen-bond donors (Lipinski definition) is 0. The fourth-order valence-corrected chi connectivity index (χ4v) is 6.08. The molecule has 0 aliphatic heterocycles. The summed E-state index contributed by atoms with van der Waals surface area (Å²) in [6.45, 7) is -2.49. The number of rotatable bonds is 4. The summed E-state index contributed by atoms with van der Waals surface area (Å²) in [5.41, 5.74) is 6.06. The van der Waals surface area contributed by atoms with Gasteiger partial charge in [-0.25, -0.2) is 4.98 Å². The van der Waals surface area contributed by atoms with Gasteiger partial charge in [0.25, 0.3) is 0 Å². The van der Waals surface area contributed by atoms with Crippen LogP contribution >= 0.6 is 0 Å². The zero-order chi connectivity index (χ0) is 34.9. The van der Waals surface area contributed by atoms with Crippen molar-refractivity contribution in [2.75, 3.05) is 0 Å². The molecule has 42 heavy (non-hydrogen) atoms. The summed E-state index contributed by atoms with van der Waals surface area (Å²) in [5.74, 6) is -0.0378. The van der Waals surface area contributed by atoms with E-state index in [4.69, 9.17) is 11.0 Å². The van der Waals surface area contributed by atoms with Gasteiger partial charge in [-0.05, 0) is 80.5 Å². The standard InChI is InChI=1S/C40H28N2/c1-27-41-36-21-11-13-23-38(36)42(27)37-22-12-10-20-34(37)40-32-19-9-8-18-31(32)39(29-16-6-3-7-17-29)35-26-30(24-25-33(35)40)28-14-4-2-5-15-28/h2-26H,1H3/i1D3,2D,4D,5D,14D,15D. The van der Waals surface area contributed by atoms with Crippen LogP contribution in [0.2, 0.25) is 0 Å². The Morgan fingerprint density at radius 1 is 0.571 bits per heavy atom. The molecule has 0 saturated heterocycles. The van der Waals surface area contributed by atoms with Crippen molar-refractivity contribution in [3.8, 4) is 39.1 Å². The number of aromatic nitrogens is 2. The first-order valence-electron chi connectivity index (χ1n) is 17.7. The predicted molar refractivity (Wildman–Crippen MR) is 177 cm³/mol. The Balaban J connectivity index is 1.53. The molecule has 0 fully saturated rings. The van der Waals surface area contributed by atoms with Gasteiger partial charge in [0.05, 0.1) is 23.6 Å². The molecule has 0 radical (unpaired) electrons. The summed E-state index contributed by atoms with van der Waals surface area (Å²) in [4.78, 5) is 4.58. The van der Waals surface area contributed by atoms with Crippen LogP contribution in [0, 0.1) is 6.85 Å². The van der Waals surface area contributed by atoms with Crippen LogP contribution in [0.5, 0.6) is 0 Å². The quantitative estimate of drug-likeness (QED) is 0.202. The van der Waals surface area contributed by atoms with Crippen LogP contribution < -0.4 is 0 Å². The Kier molecular flexibility index (Phi) is 4.08. The van der Waals surface area contributed by atoms with Crippen LogP contribution in [0.15, 0.2) is 152 Å². The molecule has 0 N–H and O–H groups in total. The van der Waals surface area contributed by atoms with E-state index < -0.39 is 25.0 Å². The van der Waals surface area contributed by atoms with Gasteiger partial charge in [-0.15, -0.1) is 0 Å². The van der Waals surface area contributed by atoms with Gasteiger partial charge >= 0.3 is 0 Å². The lowest BCUT2D eigenvalue weighted by molar-refractivity contribution is 1.00. The molecule has 1 aromatic heterocycles. The first-order chi connectivity index (χ1) is 24.1. The molecule has 0 amide bonds. The summed E-state index contributed by atoms with van der Waals surface area (Å²) in [5, 5.41) is 3.56. The number of aryl methyl sites for hydroxylation is 1. The number of hydrogen-bond acceptors (Lipinski definition) is 1. The average molecular weight is 545 g/mol. The molecule has 0 saturated carbocycles. The molecule has 0 aliphatic carbocycles. The Morgan fingerprint density at radius 3 is 2.10 bits per heavy atom. The Morgan fingerprint density at radius 2 is 1.26 bits per heavy atom. The summed E-state index contributed by atoms with van der Waals surface area (Å²) in [6, 6.07) is 37.0. The first kappa shape index (κ1) is 17.4. The van der Waals surface area contributed by atoms with Crippen LogP contribution in [0.3, 0.4) is 0 Å². The van der Waals surface area contributed by atoms with Gasteiger partial charge in [0.2, 0.25) is 0 Å².